The second kappa shape index (κ2) is 7.73. The lowest BCUT2D eigenvalue weighted by atomic mass is 10.1. The average molecular weight is 429 g/mol. The minimum absolute atomic E-state index is 0.117. The van der Waals surface area contributed by atoms with E-state index in [1.807, 2.05) is 53.2 Å². The van der Waals surface area contributed by atoms with Crippen molar-refractivity contribution in [3.63, 3.8) is 0 Å². The van der Waals surface area contributed by atoms with Crippen LogP contribution in [0.4, 0.5) is 14.5 Å². The third-order valence-electron chi connectivity index (χ3n) is 5.13. The van der Waals surface area contributed by atoms with Gasteiger partial charge in [0.15, 0.2) is 0 Å². The van der Waals surface area contributed by atoms with Gasteiger partial charge in [0.1, 0.15) is 23.0 Å². The quantitative estimate of drug-likeness (QED) is 0.441. The van der Waals surface area contributed by atoms with Crippen molar-refractivity contribution in [1.29, 1.82) is 0 Å². The fourth-order valence-corrected chi connectivity index (χ4v) is 3.57. The van der Waals surface area contributed by atoms with Gasteiger partial charge in [-0.05, 0) is 36.4 Å². The normalized spacial score (nSPS) is 11.1. The number of benzene rings is 2. The third-order valence-corrected chi connectivity index (χ3v) is 5.13. The minimum Gasteiger partial charge on any atom is -0.320 e. The Kier molecular flexibility index (Phi) is 4.74. The van der Waals surface area contributed by atoms with Gasteiger partial charge >= 0.3 is 0 Å². The summed E-state index contributed by atoms with van der Waals surface area (Å²) >= 11 is 0. The summed E-state index contributed by atoms with van der Waals surface area (Å²) in [6.45, 7) is 0. The Morgan fingerprint density at radius 1 is 0.938 bits per heavy atom. The van der Waals surface area contributed by atoms with Crippen LogP contribution in [0.25, 0.3) is 28.2 Å². The number of nitrogens with one attached hydrogen (secondary N) is 1. The van der Waals surface area contributed by atoms with E-state index in [1.165, 1.54) is 16.8 Å². The summed E-state index contributed by atoms with van der Waals surface area (Å²) in [5, 5.41) is 7.12. The van der Waals surface area contributed by atoms with Crippen molar-refractivity contribution in [1.82, 2.24) is 19.2 Å². The van der Waals surface area contributed by atoms with Crippen molar-refractivity contribution in [2.75, 3.05) is 5.32 Å². The van der Waals surface area contributed by atoms with Gasteiger partial charge in [-0.15, -0.1) is 0 Å². The Bertz CT molecular complexity index is 1440. The van der Waals surface area contributed by atoms with E-state index < -0.39 is 17.5 Å². The Labute approximate surface area is 181 Å². The number of aromatic nitrogens is 4. The van der Waals surface area contributed by atoms with Gasteiger partial charge in [0.05, 0.1) is 17.1 Å². The van der Waals surface area contributed by atoms with Crippen molar-refractivity contribution < 1.29 is 13.6 Å². The number of amides is 1. The van der Waals surface area contributed by atoms with Gasteiger partial charge in [-0.1, -0.05) is 24.3 Å². The highest BCUT2D eigenvalue weighted by molar-refractivity contribution is 6.05. The topological polar surface area (TPSA) is 64.2 Å². The molecule has 1 N–H and O–H groups in total. The lowest BCUT2D eigenvalue weighted by molar-refractivity contribution is 0.101. The van der Waals surface area contributed by atoms with Crippen LogP contribution in [-0.2, 0) is 7.05 Å². The van der Waals surface area contributed by atoms with Gasteiger partial charge in [-0.3, -0.25) is 9.48 Å². The van der Waals surface area contributed by atoms with Crippen LogP contribution in [0, 0.1) is 11.6 Å². The summed E-state index contributed by atoms with van der Waals surface area (Å²) in [4.78, 5) is 17.6. The monoisotopic (exact) mass is 429 g/mol. The molecule has 6 nitrogen and oxygen atoms in total. The van der Waals surface area contributed by atoms with Crippen LogP contribution in [0.15, 0.2) is 79.1 Å². The first kappa shape index (κ1) is 19.6. The van der Waals surface area contributed by atoms with Gasteiger partial charge in [0.2, 0.25) is 0 Å². The molecule has 5 rings (SSSR count). The minimum atomic E-state index is -0.743. The highest BCUT2D eigenvalue weighted by Gasteiger charge is 2.18. The van der Waals surface area contributed by atoms with Crippen molar-refractivity contribution >= 4 is 17.2 Å². The summed E-state index contributed by atoms with van der Waals surface area (Å²) in [7, 11) is 1.59. The number of para-hydroxylation sites is 1. The number of aryl methyl sites for hydroxylation is 1. The Morgan fingerprint density at radius 3 is 2.56 bits per heavy atom. The molecule has 0 aliphatic heterocycles. The SMILES string of the molecule is Cn1nc(-c2ccc(F)cc2F)cc1C(=O)Nc1ccccc1-c1cn2ccccc2n1. The maximum absolute atomic E-state index is 14.2. The molecule has 8 heteroatoms. The molecular weight excluding hydrogens is 412 g/mol. The average Bonchev–Trinajstić information content (AvgIpc) is 3.37. The molecule has 5 aromatic rings. The number of fused-ring (bicyclic) bond motifs is 1. The number of nitrogens with zero attached hydrogens (tertiary/aromatic N) is 4. The molecule has 0 saturated heterocycles. The molecule has 0 spiro atoms. The van der Waals surface area contributed by atoms with E-state index in [1.54, 1.807) is 13.1 Å². The zero-order valence-electron chi connectivity index (χ0n) is 17.0. The fraction of sp³-hybridized carbons (Fsp3) is 0.0417. The number of halogens is 2. The predicted octanol–water partition coefficient (Wildman–Crippen LogP) is 4.93. The van der Waals surface area contributed by atoms with Gasteiger partial charge in [0.25, 0.3) is 5.91 Å². The predicted molar refractivity (Wildman–Crippen MR) is 117 cm³/mol. The molecule has 0 fully saturated rings. The van der Waals surface area contributed by atoms with Crippen molar-refractivity contribution in [3.05, 3.63) is 96.5 Å². The molecule has 0 saturated carbocycles. The van der Waals surface area contributed by atoms with Crippen LogP contribution >= 0.6 is 0 Å². The first-order chi connectivity index (χ1) is 15.5. The number of hydrogen-bond donors (Lipinski definition) is 1. The molecule has 0 bridgehead atoms. The van der Waals surface area contributed by atoms with Gasteiger partial charge in [-0.25, -0.2) is 13.8 Å². The lowest BCUT2D eigenvalue weighted by Gasteiger charge is -2.09. The number of rotatable bonds is 4. The van der Waals surface area contributed by atoms with Crippen LogP contribution in [0.1, 0.15) is 10.5 Å². The van der Waals surface area contributed by atoms with Gasteiger partial charge < -0.3 is 9.72 Å². The zero-order valence-corrected chi connectivity index (χ0v) is 17.0. The Balaban J connectivity index is 1.47. The van der Waals surface area contributed by atoms with E-state index in [9.17, 15) is 13.6 Å². The Morgan fingerprint density at radius 2 is 1.75 bits per heavy atom. The first-order valence-electron chi connectivity index (χ1n) is 9.83. The third kappa shape index (κ3) is 3.51. The lowest BCUT2D eigenvalue weighted by Crippen LogP contribution is -2.16. The summed E-state index contributed by atoms with van der Waals surface area (Å²) in [6, 6.07) is 17.8. The fourth-order valence-electron chi connectivity index (χ4n) is 3.57. The number of anilines is 1. The number of hydrogen-bond acceptors (Lipinski definition) is 3. The van der Waals surface area contributed by atoms with E-state index >= 15 is 0 Å². The second-order valence-corrected chi connectivity index (χ2v) is 7.25. The smallest absolute Gasteiger partial charge is 0.273 e. The van der Waals surface area contributed by atoms with E-state index in [4.69, 9.17) is 0 Å². The molecule has 0 aliphatic carbocycles. The maximum Gasteiger partial charge on any atom is 0.273 e. The number of carbonyl (C=O) groups is 1. The molecule has 32 heavy (non-hydrogen) atoms. The summed E-state index contributed by atoms with van der Waals surface area (Å²) < 4.78 is 30.6. The van der Waals surface area contributed by atoms with Crippen LogP contribution in [0.3, 0.4) is 0 Å². The first-order valence-corrected chi connectivity index (χ1v) is 9.83. The van der Waals surface area contributed by atoms with E-state index in [0.717, 1.165) is 23.3 Å². The molecule has 3 aromatic heterocycles. The summed E-state index contributed by atoms with van der Waals surface area (Å²) in [5.74, 6) is -1.83. The zero-order chi connectivity index (χ0) is 22.2. The van der Waals surface area contributed by atoms with E-state index in [-0.39, 0.29) is 17.0 Å². The van der Waals surface area contributed by atoms with Crippen LogP contribution in [0.5, 0.6) is 0 Å². The standard InChI is InChI=1S/C24H17F2N5O/c1-30-22(13-20(29-30)16-10-9-15(25)12-18(16)26)24(32)28-19-7-3-2-6-17(19)21-14-31-11-5-4-8-23(31)27-21/h2-14H,1H3,(H,28,32). The maximum atomic E-state index is 14.2. The molecular formula is C24H17F2N5O. The van der Waals surface area contributed by atoms with Crippen LogP contribution in [0.2, 0.25) is 0 Å². The number of imidazole rings is 1. The molecule has 158 valence electrons. The summed E-state index contributed by atoms with van der Waals surface area (Å²) in [5.41, 5.74) is 3.43. The van der Waals surface area contributed by atoms with E-state index in [2.05, 4.69) is 15.4 Å². The summed E-state index contributed by atoms with van der Waals surface area (Å²) in [6.07, 6.45) is 3.79. The number of carbonyl (C=O) groups excluding carboxylic acids is 1. The number of pyridine rings is 1. The molecule has 0 unspecified atom stereocenters. The van der Waals surface area contributed by atoms with Gasteiger partial charge in [-0.2, -0.15) is 5.10 Å². The molecule has 0 atom stereocenters. The van der Waals surface area contributed by atoms with Crippen molar-refractivity contribution in [2.45, 2.75) is 0 Å². The Hall–Kier alpha value is -4.33. The molecule has 2 aromatic carbocycles. The molecule has 1 amide bonds. The molecule has 0 radical (unpaired) electrons. The van der Waals surface area contributed by atoms with Crippen LogP contribution in [-0.4, -0.2) is 25.1 Å². The van der Waals surface area contributed by atoms with E-state index in [0.29, 0.717) is 11.4 Å². The van der Waals surface area contributed by atoms with Crippen molar-refractivity contribution in [2.24, 2.45) is 7.05 Å². The highest BCUT2D eigenvalue weighted by Crippen LogP contribution is 2.28. The van der Waals surface area contributed by atoms with Crippen LogP contribution < -0.4 is 5.32 Å². The molecule has 3 heterocycles. The second-order valence-electron chi connectivity index (χ2n) is 7.25. The largest absolute Gasteiger partial charge is 0.320 e. The molecule has 0 aliphatic rings. The van der Waals surface area contributed by atoms with Gasteiger partial charge in [0, 0.05) is 36.6 Å². The van der Waals surface area contributed by atoms with Crippen molar-refractivity contribution in [3.8, 4) is 22.5 Å². The highest BCUT2D eigenvalue weighted by atomic mass is 19.1.